The summed E-state index contributed by atoms with van der Waals surface area (Å²) in [6, 6.07) is 14.8. The van der Waals surface area contributed by atoms with E-state index in [9.17, 15) is 4.79 Å². The summed E-state index contributed by atoms with van der Waals surface area (Å²) in [4.78, 5) is 13.2. The molecule has 0 saturated heterocycles. The molecule has 2 aromatic rings. The molecular formula is C15H13Cl2NOS. The van der Waals surface area contributed by atoms with Crippen molar-refractivity contribution in [3.8, 4) is 0 Å². The summed E-state index contributed by atoms with van der Waals surface area (Å²) in [6.07, 6.45) is 0. The average Bonchev–Trinajstić information content (AvgIpc) is 2.38. The number of rotatable bonds is 4. The quantitative estimate of drug-likeness (QED) is 0.791. The third kappa shape index (κ3) is 4.44. The molecule has 5 heteroatoms. The number of hydrogen-bond acceptors (Lipinski definition) is 2. The molecule has 0 fully saturated rings. The summed E-state index contributed by atoms with van der Waals surface area (Å²) in [5.74, 6) is -0.0859. The lowest BCUT2D eigenvalue weighted by molar-refractivity contribution is -0.115. The normalized spacial score (nSPS) is 11.9. The Labute approximate surface area is 132 Å². The van der Waals surface area contributed by atoms with Crippen molar-refractivity contribution in [2.45, 2.75) is 17.1 Å². The van der Waals surface area contributed by atoms with Gasteiger partial charge in [-0.15, -0.1) is 11.8 Å². The molecule has 0 spiro atoms. The van der Waals surface area contributed by atoms with Crippen LogP contribution in [-0.2, 0) is 4.79 Å². The lowest BCUT2D eigenvalue weighted by Gasteiger charge is -2.12. The van der Waals surface area contributed by atoms with Crippen molar-refractivity contribution < 1.29 is 4.79 Å². The molecule has 1 atom stereocenters. The van der Waals surface area contributed by atoms with Crippen LogP contribution in [0.3, 0.4) is 0 Å². The second-order valence-electron chi connectivity index (χ2n) is 4.22. The number of carbonyl (C=O) groups is 1. The van der Waals surface area contributed by atoms with Crippen LogP contribution in [0.2, 0.25) is 10.0 Å². The highest BCUT2D eigenvalue weighted by Crippen LogP contribution is 2.26. The van der Waals surface area contributed by atoms with Gasteiger partial charge < -0.3 is 5.32 Å². The van der Waals surface area contributed by atoms with Gasteiger partial charge in [-0.25, -0.2) is 0 Å². The summed E-state index contributed by atoms with van der Waals surface area (Å²) in [5, 5.41) is 3.60. The van der Waals surface area contributed by atoms with Gasteiger partial charge in [0.15, 0.2) is 0 Å². The number of carbonyl (C=O) groups excluding carboxylic acids is 1. The molecule has 2 aromatic carbocycles. The van der Waals surface area contributed by atoms with E-state index < -0.39 is 0 Å². The van der Waals surface area contributed by atoms with Gasteiger partial charge >= 0.3 is 0 Å². The number of anilines is 1. The molecular weight excluding hydrogens is 313 g/mol. The third-order valence-electron chi connectivity index (χ3n) is 2.56. The fraction of sp³-hybridized carbons (Fsp3) is 0.133. The number of hydrogen-bond donors (Lipinski definition) is 1. The van der Waals surface area contributed by atoms with Crippen molar-refractivity contribution in [2.24, 2.45) is 0 Å². The molecule has 0 bridgehead atoms. The smallest absolute Gasteiger partial charge is 0.237 e. The first kappa shape index (κ1) is 15.2. The SMILES string of the molecule is C[C@@H](Sc1ccccc1)C(=O)Nc1cc(Cl)cc(Cl)c1. The Morgan fingerprint density at radius 1 is 1.10 bits per heavy atom. The largest absolute Gasteiger partial charge is 0.325 e. The van der Waals surface area contributed by atoms with E-state index in [0.29, 0.717) is 15.7 Å². The summed E-state index contributed by atoms with van der Waals surface area (Å²) >= 11 is 13.3. The second-order valence-corrected chi connectivity index (χ2v) is 6.51. The molecule has 0 aliphatic heterocycles. The highest BCUT2D eigenvalue weighted by Gasteiger charge is 2.14. The van der Waals surface area contributed by atoms with Crippen LogP contribution in [0.4, 0.5) is 5.69 Å². The van der Waals surface area contributed by atoms with Gasteiger partial charge in [-0.05, 0) is 37.3 Å². The summed E-state index contributed by atoms with van der Waals surface area (Å²) < 4.78 is 0. The molecule has 0 aliphatic rings. The van der Waals surface area contributed by atoms with E-state index in [2.05, 4.69) is 5.32 Å². The summed E-state index contributed by atoms with van der Waals surface area (Å²) in [6.45, 7) is 1.86. The van der Waals surface area contributed by atoms with Gasteiger partial charge in [0.25, 0.3) is 0 Å². The predicted molar refractivity (Wildman–Crippen MR) is 86.9 cm³/mol. The highest BCUT2D eigenvalue weighted by atomic mass is 35.5. The molecule has 0 aliphatic carbocycles. The lowest BCUT2D eigenvalue weighted by atomic mass is 10.3. The van der Waals surface area contributed by atoms with Crippen molar-refractivity contribution in [2.75, 3.05) is 5.32 Å². The van der Waals surface area contributed by atoms with Crippen LogP contribution in [0.15, 0.2) is 53.4 Å². The van der Waals surface area contributed by atoms with Crippen molar-refractivity contribution in [1.29, 1.82) is 0 Å². The van der Waals surface area contributed by atoms with E-state index in [1.807, 2.05) is 37.3 Å². The lowest BCUT2D eigenvalue weighted by Crippen LogP contribution is -2.22. The predicted octanol–water partition coefficient (Wildman–Crippen LogP) is 5.11. The van der Waals surface area contributed by atoms with Gasteiger partial charge in [0.05, 0.1) is 5.25 Å². The minimum absolute atomic E-state index is 0.0859. The first-order valence-corrected chi connectivity index (χ1v) is 7.67. The fourth-order valence-corrected chi connectivity index (χ4v) is 3.04. The Morgan fingerprint density at radius 2 is 1.70 bits per heavy atom. The Bertz CT molecular complexity index is 584. The van der Waals surface area contributed by atoms with Crippen LogP contribution in [0.1, 0.15) is 6.92 Å². The molecule has 2 nitrogen and oxygen atoms in total. The van der Waals surface area contributed by atoms with Crippen molar-refractivity contribution in [3.63, 3.8) is 0 Å². The number of benzene rings is 2. The van der Waals surface area contributed by atoms with Crippen molar-refractivity contribution in [1.82, 2.24) is 0 Å². The van der Waals surface area contributed by atoms with Crippen LogP contribution in [-0.4, -0.2) is 11.2 Å². The molecule has 20 heavy (non-hydrogen) atoms. The maximum Gasteiger partial charge on any atom is 0.237 e. The summed E-state index contributed by atoms with van der Waals surface area (Å²) in [5.41, 5.74) is 0.605. The zero-order valence-electron chi connectivity index (χ0n) is 10.8. The zero-order valence-corrected chi connectivity index (χ0v) is 13.1. The van der Waals surface area contributed by atoms with E-state index >= 15 is 0 Å². The standard InChI is InChI=1S/C15H13Cl2NOS/c1-10(20-14-5-3-2-4-6-14)15(19)18-13-8-11(16)7-12(17)9-13/h2-10H,1H3,(H,18,19)/t10-/m1/s1. The molecule has 1 amide bonds. The number of nitrogens with one attached hydrogen (secondary N) is 1. The van der Waals surface area contributed by atoms with Gasteiger partial charge in [0.1, 0.15) is 0 Å². The Kier molecular flexibility index (Phi) is 5.35. The van der Waals surface area contributed by atoms with Crippen LogP contribution >= 0.6 is 35.0 Å². The minimum Gasteiger partial charge on any atom is -0.325 e. The van der Waals surface area contributed by atoms with E-state index in [0.717, 1.165) is 4.90 Å². The van der Waals surface area contributed by atoms with E-state index in [4.69, 9.17) is 23.2 Å². The zero-order chi connectivity index (χ0) is 14.5. The number of thioether (sulfide) groups is 1. The van der Waals surface area contributed by atoms with Gasteiger partial charge in [-0.2, -0.15) is 0 Å². The van der Waals surface area contributed by atoms with Crippen LogP contribution in [0.5, 0.6) is 0 Å². The molecule has 0 unspecified atom stereocenters. The maximum absolute atomic E-state index is 12.1. The van der Waals surface area contributed by atoms with E-state index in [1.165, 1.54) is 11.8 Å². The first-order chi connectivity index (χ1) is 9.54. The fourth-order valence-electron chi connectivity index (χ4n) is 1.63. The topological polar surface area (TPSA) is 29.1 Å². The Balaban J connectivity index is 2.00. The summed E-state index contributed by atoms with van der Waals surface area (Å²) in [7, 11) is 0. The highest BCUT2D eigenvalue weighted by molar-refractivity contribution is 8.00. The van der Waals surface area contributed by atoms with Crippen LogP contribution < -0.4 is 5.32 Å². The molecule has 0 heterocycles. The van der Waals surface area contributed by atoms with Gasteiger partial charge in [0.2, 0.25) is 5.91 Å². The van der Waals surface area contributed by atoms with Gasteiger partial charge in [-0.3, -0.25) is 4.79 Å². The Hall–Kier alpha value is -1.16. The van der Waals surface area contributed by atoms with E-state index in [1.54, 1.807) is 18.2 Å². The van der Waals surface area contributed by atoms with Crippen molar-refractivity contribution >= 4 is 46.6 Å². The third-order valence-corrected chi connectivity index (χ3v) is 4.10. The molecule has 0 aromatic heterocycles. The van der Waals surface area contributed by atoms with Crippen molar-refractivity contribution in [3.05, 3.63) is 58.6 Å². The maximum atomic E-state index is 12.1. The van der Waals surface area contributed by atoms with Crippen LogP contribution in [0, 0.1) is 0 Å². The molecule has 104 valence electrons. The molecule has 1 N–H and O–H groups in total. The monoisotopic (exact) mass is 325 g/mol. The van der Waals surface area contributed by atoms with Crippen LogP contribution in [0.25, 0.3) is 0 Å². The van der Waals surface area contributed by atoms with Gasteiger partial charge in [-0.1, -0.05) is 41.4 Å². The first-order valence-electron chi connectivity index (χ1n) is 6.03. The van der Waals surface area contributed by atoms with Gasteiger partial charge in [0, 0.05) is 20.6 Å². The second kappa shape index (κ2) is 7.02. The average molecular weight is 326 g/mol. The molecule has 0 saturated carbocycles. The molecule has 0 radical (unpaired) electrons. The Morgan fingerprint density at radius 3 is 2.30 bits per heavy atom. The number of halogens is 2. The van der Waals surface area contributed by atoms with E-state index in [-0.39, 0.29) is 11.2 Å². The molecule has 2 rings (SSSR count). The minimum atomic E-state index is -0.213. The number of amides is 1.